The van der Waals surface area contributed by atoms with Crippen molar-refractivity contribution in [1.29, 1.82) is 0 Å². The highest BCUT2D eigenvalue weighted by Gasteiger charge is 2.33. The lowest BCUT2D eigenvalue weighted by Crippen LogP contribution is -2.52. The zero-order valence-corrected chi connectivity index (χ0v) is 22.6. The molecular weight excluding hydrogens is 536 g/mol. The van der Waals surface area contributed by atoms with Gasteiger partial charge in [-0.1, -0.05) is 41.9 Å². The molecule has 11 heteroatoms. The highest BCUT2D eigenvalue weighted by atomic mass is 35.5. The van der Waals surface area contributed by atoms with Crippen molar-refractivity contribution in [1.82, 2.24) is 10.2 Å². The van der Waals surface area contributed by atoms with Crippen LogP contribution >= 0.6 is 11.6 Å². The molecule has 0 spiro atoms. The molecule has 202 valence electrons. The third-order valence-corrected chi connectivity index (χ3v) is 7.74. The van der Waals surface area contributed by atoms with E-state index in [1.807, 2.05) is 0 Å². The number of anilines is 1. The Balaban J connectivity index is 2.04. The van der Waals surface area contributed by atoms with Gasteiger partial charge in [-0.2, -0.15) is 0 Å². The van der Waals surface area contributed by atoms with Gasteiger partial charge in [-0.15, -0.1) is 0 Å². The van der Waals surface area contributed by atoms with E-state index in [-0.39, 0.29) is 28.2 Å². The summed E-state index contributed by atoms with van der Waals surface area (Å²) < 4.78 is 55.4. The molecule has 2 amide bonds. The Morgan fingerprint density at radius 3 is 2.16 bits per heavy atom. The molecule has 0 saturated carbocycles. The number of halogens is 3. The standard InChI is InChI=1S/C27H28ClF2N3O4S/c1-18(2)31-27(35)19(3)32(16-20-9-11-21(29)12-10-20)26(34)17-33(22-13-14-25(30)24(28)15-22)38(36,37)23-7-5-4-6-8-23/h4-15,18-19H,16-17H2,1-3H3,(H,31,35). The molecule has 0 bridgehead atoms. The monoisotopic (exact) mass is 563 g/mol. The van der Waals surface area contributed by atoms with Gasteiger partial charge in [-0.25, -0.2) is 17.2 Å². The van der Waals surface area contributed by atoms with E-state index >= 15 is 0 Å². The molecule has 1 unspecified atom stereocenters. The first kappa shape index (κ1) is 29.1. The zero-order chi connectivity index (χ0) is 28.0. The van der Waals surface area contributed by atoms with Crippen LogP contribution < -0.4 is 9.62 Å². The van der Waals surface area contributed by atoms with E-state index in [4.69, 9.17) is 11.6 Å². The van der Waals surface area contributed by atoms with Crippen molar-refractivity contribution < 1.29 is 26.8 Å². The molecule has 0 fully saturated rings. The van der Waals surface area contributed by atoms with Gasteiger partial charge in [0.25, 0.3) is 10.0 Å². The summed E-state index contributed by atoms with van der Waals surface area (Å²) in [5.74, 6) is -2.38. The van der Waals surface area contributed by atoms with E-state index in [9.17, 15) is 26.8 Å². The van der Waals surface area contributed by atoms with Crippen molar-refractivity contribution in [3.8, 4) is 0 Å². The van der Waals surface area contributed by atoms with Crippen molar-refractivity contribution in [2.24, 2.45) is 0 Å². The number of nitrogens with one attached hydrogen (secondary N) is 1. The third-order valence-electron chi connectivity index (χ3n) is 5.67. The first-order valence-corrected chi connectivity index (χ1v) is 13.6. The second kappa shape index (κ2) is 12.4. The molecule has 38 heavy (non-hydrogen) atoms. The van der Waals surface area contributed by atoms with Gasteiger partial charge in [0, 0.05) is 12.6 Å². The fourth-order valence-electron chi connectivity index (χ4n) is 3.66. The summed E-state index contributed by atoms with van der Waals surface area (Å²) in [7, 11) is -4.30. The minimum absolute atomic E-state index is 0.0328. The van der Waals surface area contributed by atoms with Gasteiger partial charge in [0.1, 0.15) is 24.2 Å². The molecule has 0 aliphatic heterocycles. The second-order valence-corrected chi connectivity index (χ2v) is 11.2. The minimum Gasteiger partial charge on any atom is -0.352 e. The highest BCUT2D eigenvalue weighted by Crippen LogP contribution is 2.28. The largest absolute Gasteiger partial charge is 0.352 e. The predicted octanol–water partition coefficient (Wildman–Crippen LogP) is 4.76. The van der Waals surface area contributed by atoms with Crippen LogP contribution in [0.4, 0.5) is 14.5 Å². The van der Waals surface area contributed by atoms with Gasteiger partial charge < -0.3 is 10.2 Å². The lowest BCUT2D eigenvalue weighted by atomic mass is 10.1. The smallest absolute Gasteiger partial charge is 0.264 e. The quantitative estimate of drug-likeness (QED) is 0.385. The maximum absolute atomic E-state index is 13.9. The predicted molar refractivity (Wildman–Crippen MR) is 142 cm³/mol. The maximum atomic E-state index is 13.9. The van der Waals surface area contributed by atoms with Crippen LogP contribution in [0.3, 0.4) is 0 Å². The van der Waals surface area contributed by atoms with E-state index in [0.29, 0.717) is 5.56 Å². The van der Waals surface area contributed by atoms with Crippen molar-refractivity contribution >= 4 is 39.1 Å². The van der Waals surface area contributed by atoms with Gasteiger partial charge in [0.15, 0.2) is 0 Å². The Labute approximate surface area is 226 Å². The molecule has 0 aliphatic rings. The normalized spacial score (nSPS) is 12.2. The van der Waals surface area contributed by atoms with Crippen LogP contribution in [0.1, 0.15) is 26.3 Å². The van der Waals surface area contributed by atoms with Crippen LogP contribution in [0, 0.1) is 11.6 Å². The first-order valence-electron chi connectivity index (χ1n) is 11.8. The van der Waals surface area contributed by atoms with Crippen molar-refractivity contribution in [3.05, 3.63) is 95.0 Å². The number of sulfonamides is 1. The van der Waals surface area contributed by atoms with Crippen LogP contribution in [0.5, 0.6) is 0 Å². The Morgan fingerprint density at radius 2 is 1.58 bits per heavy atom. The highest BCUT2D eigenvalue weighted by molar-refractivity contribution is 7.92. The van der Waals surface area contributed by atoms with Crippen LogP contribution in [0.2, 0.25) is 5.02 Å². The van der Waals surface area contributed by atoms with E-state index in [1.165, 1.54) is 66.4 Å². The first-order chi connectivity index (χ1) is 17.9. The van der Waals surface area contributed by atoms with Crippen LogP contribution in [0.15, 0.2) is 77.7 Å². The fraction of sp³-hybridized carbons (Fsp3) is 0.259. The van der Waals surface area contributed by atoms with Crippen LogP contribution in [-0.4, -0.2) is 43.8 Å². The zero-order valence-electron chi connectivity index (χ0n) is 21.1. The molecule has 0 aliphatic carbocycles. The number of amides is 2. The number of benzene rings is 3. The van der Waals surface area contributed by atoms with E-state index < -0.39 is 46.1 Å². The van der Waals surface area contributed by atoms with Gasteiger partial charge in [-0.3, -0.25) is 13.9 Å². The summed E-state index contributed by atoms with van der Waals surface area (Å²) in [4.78, 5) is 27.7. The summed E-state index contributed by atoms with van der Waals surface area (Å²) in [6.07, 6.45) is 0. The van der Waals surface area contributed by atoms with Crippen molar-refractivity contribution in [2.75, 3.05) is 10.8 Å². The average Bonchev–Trinajstić information content (AvgIpc) is 2.88. The van der Waals surface area contributed by atoms with Crippen molar-refractivity contribution in [3.63, 3.8) is 0 Å². The molecule has 3 aromatic carbocycles. The molecule has 0 aromatic heterocycles. The summed E-state index contributed by atoms with van der Waals surface area (Å²) in [6, 6.07) is 15.0. The summed E-state index contributed by atoms with van der Waals surface area (Å²) in [6.45, 7) is 4.26. The third kappa shape index (κ3) is 7.08. The SMILES string of the molecule is CC(C)NC(=O)C(C)N(Cc1ccc(F)cc1)C(=O)CN(c1ccc(F)c(Cl)c1)S(=O)(=O)c1ccccc1. The van der Waals surface area contributed by atoms with E-state index in [2.05, 4.69) is 5.32 Å². The molecule has 7 nitrogen and oxygen atoms in total. The minimum atomic E-state index is -4.30. The van der Waals surface area contributed by atoms with Gasteiger partial charge in [0.2, 0.25) is 11.8 Å². The maximum Gasteiger partial charge on any atom is 0.264 e. The molecule has 1 atom stereocenters. The summed E-state index contributed by atoms with van der Waals surface area (Å²) in [5.41, 5.74) is 0.501. The van der Waals surface area contributed by atoms with Crippen molar-refractivity contribution in [2.45, 2.75) is 44.3 Å². The molecule has 1 N–H and O–H groups in total. The lowest BCUT2D eigenvalue weighted by molar-refractivity contribution is -0.139. The lowest BCUT2D eigenvalue weighted by Gasteiger charge is -2.32. The Kier molecular flexibility index (Phi) is 9.45. The number of hydrogen-bond acceptors (Lipinski definition) is 4. The van der Waals surface area contributed by atoms with Gasteiger partial charge >= 0.3 is 0 Å². The van der Waals surface area contributed by atoms with Gasteiger partial charge in [0.05, 0.1) is 15.6 Å². The Bertz CT molecular complexity index is 1390. The topological polar surface area (TPSA) is 86.8 Å². The molecule has 0 radical (unpaired) electrons. The van der Waals surface area contributed by atoms with E-state index in [0.717, 1.165) is 16.4 Å². The van der Waals surface area contributed by atoms with Gasteiger partial charge in [-0.05, 0) is 68.8 Å². The Hall–Kier alpha value is -3.50. The van der Waals surface area contributed by atoms with E-state index in [1.54, 1.807) is 19.9 Å². The number of rotatable bonds is 10. The summed E-state index contributed by atoms with van der Waals surface area (Å²) in [5, 5.41) is 2.42. The number of hydrogen-bond donors (Lipinski definition) is 1. The molecule has 3 aromatic rings. The molecular formula is C27H28ClF2N3O4S. The number of nitrogens with zero attached hydrogens (tertiary/aromatic N) is 2. The molecule has 3 rings (SSSR count). The van der Waals surface area contributed by atoms with Crippen LogP contribution in [0.25, 0.3) is 0 Å². The number of carbonyl (C=O) groups excluding carboxylic acids is 2. The summed E-state index contributed by atoms with van der Waals surface area (Å²) >= 11 is 5.94. The average molecular weight is 564 g/mol. The molecule has 0 saturated heterocycles. The second-order valence-electron chi connectivity index (χ2n) is 8.91. The molecule has 0 heterocycles. The Morgan fingerprint density at radius 1 is 0.947 bits per heavy atom. The van der Waals surface area contributed by atoms with Crippen LogP contribution in [-0.2, 0) is 26.2 Å². The number of carbonyl (C=O) groups is 2. The fourth-order valence-corrected chi connectivity index (χ4v) is 5.26.